The van der Waals surface area contributed by atoms with E-state index in [9.17, 15) is 0 Å². The second-order valence-electron chi connectivity index (χ2n) is 4.71. The summed E-state index contributed by atoms with van der Waals surface area (Å²) in [6, 6.07) is 15.6. The third kappa shape index (κ3) is 3.50. The second kappa shape index (κ2) is 6.95. The maximum atomic E-state index is 8.58. The molecule has 23 heavy (non-hydrogen) atoms. The molecule has 114 valence electrons. The average molecular weight is 322 g/mol. The minimum absolute atomic E-state index is 0.00273. The summed E-state index contributed by atoms with van der Waals surface area (Å²) in [5.41, 5.74) is 1.99. The Balaban J connectivity index is 1.82. The van der Waals surface area contributed by atoms with Crippen LogP contribution in [0.3, 0.4) is 0 Å². The number of benzene rings is 2. The van der Waals surface area contributed by atoms with Crippen molar-refractivity contribution in [1.82, 2.24) is 4.98 Å². The topological polar surface area (TPSA) is 55.1 Å². The van der Waals surface area contributed by atoms with Gasteiger partial charge in [0.15, 0.2) is 18.1 Å². The van der Waals surface area contributed by atoms with Crippen molar-refractivity contribution in [2.24, 2.45) is 0 Å². The number of thiazole rings is 1. The first kappa shape index (κ1) is 15.1. The van der Waals surface area contributed by atoms with Gasteiger partial charge in [-0.2, -0.15) is 5.26 Å². The first-order valence-corrected chi connectivity index (χ1v) is 7.83. The van der Waals surface area contributed by atoms with E-state index in [0.29, 0.717) is 11.5 Å². The molecule has 0 N–H and O–H groups in total. The van der Waals surface area contributed by atoms with E-state index in [0.717, 1.165) is 16.1 Å². The van der Waals surface area contributed by atoms with Crippen LogP contribution >= 0.6 is 11.3 Å². The lowest BCUT2D eigenvalue weighted by Crippen LogP contribution is -1.96. The third-order valence-corrected chi connectivity index (χ3v) is 4.21. The van der Waals surface area contributed by atoms with Gasteiger partial charge in [0.1, 0.15) is 11.1 Å². The van der Waals surface area contributed by atoms with Crippen LogP contribution in [0.5, 0.6) is 11.5 Å². The van der Waals surface area contributed by atoms with E-state index >= 15 is 0 Å². The number of hydrogen-bond acceptors (Lipinski definition) is 5. The Labute approximate surface area is 138 Å². The van der Waals surface area contributed by atoms with E-state index in [1.165, 1.54) is 4.70 Å². The Morgan fingerprint density at radius 1 is 1.17 bits per heavy atom. The summed E-state index contributed by atoms with van der Waals surface area (Å²) in [5.74, 6) is 1.16. The van der Waals surface area contributed by atoms with Crippen LogP contribution in [0, 0.1) is 11.3 Å². The van der Waals surface area contributed by atoms with Gasteiger partial charge in [0, 0.05) is 0 Å². The Morgan fingerprint density at radius 3 is 2.83 bits per heavy atom. The van der Waals surface area contributed by atoms with Gasteiger partial charge in [0.25, 0.3) is 0 Å². The maximum absolute atomic E-state index is 8.58. The van der Waals surface area contributed by atoms with Crippen LogP contribution in [0.15, 0.2) is 42.5 Å². The minimum Gasteiger partial charge on any atom is -0.493 e. The van der Waals surface area contributed by atoms with Crippen LogP contribution in [0.1, 0.15) is 10.6 Å². The van der Waals surface area contributed by atoms with Gasteiger partial charge < -0.3 is 9.47 Å². The van der Waals surface area contributed by atoms with Crippen molar-refractivity contribution in [3.63, 3.8) is 0 Å². The summed E-state index contributed by atoms with van der Waals surface area (Å²) in [4.78, 5) is 4.57. The molecule has 1 heterocycles. The van der Waals surface area contributed by atoms with E-state index in [1.54, 1.807) is 24.5 Å². The smallest absolute Gasteiger partial charge is 0.174 e. The number of para-hydroxylation sites is 1. The molecule has 4 nitrogen and oxygen atoms in total. The van der Waals surface area contributed by atoms with Gasteiger partial charge in [-0.05, 0) is 35.9 Å². The normalized spacial score (nSPS) is 10.8. The lowest BCUT2D eigenvalue weighted by molar-refractivity contribution is 0.329. The molecule has 0 spiro atoms. The molecular weight excluding hydrogens is 308 g/mol. The van der Waals surface area contributed by atoms with Gasteiger partial charge in [-0.15, -0.1) is 11.3 Å². The van der Waals surface area contributed by atoms with E-state index in [1.807, 2.05) is 48.6 Å². The number of nitrogens with zero attached hydrogens (tertiary/aromatic N) is 2. The molecule has 0 aliphatic carbocycles. The molecule has 0 bridgehead atoms. The van der Waals surface area contributed by atoms with Gasteiger partial charge >= 0.3 is 0 Å². The monoisotopic (exact) mass is 322 g/mol. The summed E-state index contributed by atoms with van der Waals surface area (Å²) in [6.45, 7) is -0.00273. The molecule has 3 rings (SSSR count). The molecule has 0 radical (unpaired) electrons. The van der Waals surface area contributed by atoms with Crippen LogP contribution in [-0.2, 0) is 0 Å². The average Bonchev–Trinajstić information content (AvgIpc) is 3.01. The maximum Gasteiger partial charge on any atom is 0.174 e. The van der Waals surface area contributed by atoms with Gasteiger partial charge in [-0.3, -0.25) is 0 Å². The first-order valence-electron chi connectivity index (χ1n) is 7.01. The number of nitriles is 1. The number of ether oxygens (including phenoxy) is 2. The van der Waals surface area contributed by atoms with E-state index < -0.39 is 0 Å². The van der Waals surface area contributed by atoms with E-state index in [-0.39, 0.29) is 6.61 Å². The Kier molecular flexibility index (Phi) is 4.55. The molecule has 0 unspecified atom stereocenters. The Morgan fingerprint density at radius 2 is 2.04 bits per heavy atom. The molecule has 0 saturated carbocycles. The molecule has 0 aliphatic heterocycles. The van der Waals surface area contributed by atoms with Crippen molar-refractivity contribution in [3.05, 3.63) is 53.0 Å². The number of methoxy groups -OCH3 is 1. The van der Waals surface area contributed by atoms with Crippen molar-refractivity contribution in [3.8, 4) is 17.6 Å². The Bertz CT molecular complexity index is 860. The molecule has 0 amide bonds. The highest BCUT2D eigenvalue weighted by atomic mass is 32.1. The fraction of sp³-hybridized carbons (Fsp3) is 0.111. The van der Waals surface area contributed by atoms with Gasteiger partial charge in [-0.25, -0.2) is 4.98 Å². The van der Waals surface area contributed by atoms with Crippen LogP contribution < -0.4 is 9.47 Å². The number of fused-ring (bicyclic) bond motifs is 1. The second-order valence-corrected chi connectivity index (χ2v) is 5.77. The lowest BCUT2D eigenvalue weighted by atomic mass is 10.2. The quantitative estimate of drug-likeness (QED) is 0.699. The summed E-state index contributed by atoms with van der Waals surface area (Å²) < 4.78 is 11.8. The zero-order valence-electron chi connectivity index (χ0n) is 12.5. The molecule has 0 aliphatic rings. The van der Waals surface area contributed by atoms with Gasteiger partial charge in [0.05, 0.1) is 17.3 Å². The van der Waals surface area contributed by atoms with Crippen LogP contribution in [0.2, 0.25) is 0 Å². The van der Waals surface area contributed by atoms with Crippen molar-refractivity contribution >= 4 is 33.7 Å². The van der Waals surface area contributed by atoms with Crippen molar-refractivity contribution in [1.29, 1.82) is 5.26 Å². The zero-order valence-corrected chi connectivity index (χ0v) is 13.3. The van der Waals surface area contributed by atoms with Crippen molar-refractivity contribution in [2.75, 3.05) is 13.7 Å². The van der Waals surface area contributed by atoms with Crippen LogP contribution in [0.4, 0.5) is 0 Å². The van der Waals surface area contributed by atoms with Gasteiger partial charge in [-0.1, -0.05) is 24.3 Å². The lowest BCUT2D eigenvalue weighted by Gasteiger charge is -2.08. The summed E-state index contributed by atoms with van der Waals surface area (Å²) in [5, 5.41) is 9.54. The van der Waals surface area contributed by atoms with Crippen LogP contribution in [0.25, 0.3) is 22.4 Å². The van der Waals surface area contributed by atoms with Crippen molar-refractivity contribution < 1.29 is 9.47 Å². The van der Waals surface area contributed by atoms with E-state index in [4.69, 9.17) is 14.7 Å². The van der Waals surface area contributed by atoms with Crippen LogP contribution in [-0.4, -0.2) is 18.7 Å². The molecule has 5 heteroatoms. The minimum atomic E-state index is -0.00273. The SMILES string of the molecule is COc1cc(/C=C/c2nc3ccccc3s2)ccc1OCC#N. The molecule has 0 saturated heterocycles. The number of hydrogen-bond donors (Lipinski definition) is 0. The molecule has 2 aromatic carbocycles. The first-order chi connectivity index (χ1) is 11.3. The Hall–Kier alpha value is -2.84. The largest absolute Gasteiger partial charge is 0.493 e. The molecule has 3 aromatic rings. The highest BCUT2D eigenvalue weighted by Crippen LogP contribution is 2.29. The fourth-order valence-corrected chi connectivity index (χ4v) is 3.02. The molecular formula is C18H14N2O2S. The van der Waals surface area contributed by atoms with E-state index in [2.05, 4.69) is 11.1 Å². The van der Waals surface area contributed by atoms with Crippen molar-refractivity contribution in [2.45, 2.75) is 0 Å². The summed E-state index contributed by atoms with van der Waals surface area (Å²) >= 11 is 1.65. The summed E-state index contributed by atoms with van der Waals surface area (Å²) in [7, 11) is 1.58. The molecule has 0 fully saturated rings. The molecule has 0 atom stereocenters. The highest BCUT2D eigenvalue weighted by Gasteiger charge is 2.05. The predicted molar refractivity (Wildman–Crippen MR) is 92.7 cm³/mol. The highest BCUT2D eigenvalue weighted by molar-refractivity contribution is 7.19. The standard InChI is InChI=1S/C18H14N2O2S/c1-21-16-12-13(6-8-15(16)22-11-10-19)7-9-18-20-14-4-2-3-5-17(14)23-18/h2-9,12H,11H2,1H3/b9-7+. The number of aromatic nitrogens is 1. The predicted octanol–water partition coefficient (Wildman–Crippen LogP) is 4.38. The zero-order chi connectivity index (χ0) is 16.1. The fourth-order valence-electron chi connectivity index (χ4n) is 2.15. The summed E-state index contributed by atoms with van der Waals surface area (Å²) in [6.07, 6.45) is 3.96. The van der Waals surface area contributed by atoms with Gasteiger partial charge in [0.2, 0.25) is 0 Å². The third-order valence-electron chi connectivity index (χ3n) is 3.21. The molecule has 1 aromatic heterocycles. The number of rotatable bonds is 5.